The summed E-state index contributed by atoms with van der Waals surface area (Å²) in [6, 6.07) is 0. The number of hydrogen-bond donors (Lipinski definition) is 1. The Morgan fingerprint density at radius 2 is 1.53 bits per heavy atom. The first-order valence-corrected chi connectivity index (χ1v) is 6.01. The van der Waals surface area contributed by atoms with Crippen molar-refractivity contribution in [3.8, 4) is 0 Å². The van der Waals surface area contributed by atoms with Crippen LogP contribution >= 0.6 is 12.4 Å². The smallest absolute Gasteiger partial charge is 0.220 e. The zero-order valence-corrected chi connectivity index (χ0v) is 10.9. The van der Waals surface area contributed by atoms with Crippen molar-refractivity contribution >= 4 is 18.3 Å². The maximum atomic E-state index is 11.1. The Morgan fingerprint density at radius 3 is 2.00 bits per heavy atom. The van der Waals surface area contributed by atoms with Gasteiger partial charge in [-0.3, -0.25) is 4.79 Å². The average molecular weight is 236 g/mol. The molecule has 0 rings (SSSR count). The normalized spacial score (nSPS) is 11.9. The number of halogens is 1. The highest BCUT2D eigenvalue weighted by Crippen LogP contribution is 2.16. The lowest BCUT2D eigenvalue weighted by Gasteiger charge is -2.12. The Morgan fingerprint density at radius 1 is 1.00 bits per heavy atom. The fraction of sp³-hybridized carbons (Fsp3) is 0.917. The van der Waals surface area contributed by atoms with Gasteiger partial charge in [-0.1, -0.05) is 52.4 Å². The molecule has 0 radical (unpaired) electrons. The van der Waals surface area contributed by atoms with Gasteiger partial charge in [-0.2, -0.15) is 0 Å². The second kappa shape index (κ2) is 11.8. The molecule has 92 valence electrons. The summed E-state index contributed by atoms with van der Waals surface area (Å²) in [5.41, 5.74) is 5.35. The highest BCUT2D eigenvalue weighted by molar-refractivity contribution is 5.85. The van der Waals surface area contributed by atoms with E-state index in [4.69, 9.17) is 5.73 Å². The molecule has 0 aromatic heterocycles. The molecule has 3 heteroatoms. The van der Waals surface area contributed by atoms with Gasteiger partial charge in [0.2, 0.25) is 5.91 Å². The minimum absolute atomic E-state index is 0. The van der Waals surface area contributed by atoms with Crippen LogP contribution in [0.2, 0.25) is 0 Å². The third kappa shape index (κ3) is 10.1. The molecule has 0 aliphatic carbocycles. The van der Waals surface area contributed by atoms with Crippen LogP contribution in [0, 0.1) is 5.92 Å². The van der Waals surface area contributed by atoms with Crippen LogP contribution < -0.4 is 5.73 Å². The van der Waals surface area contributed by atoms with Gasteiger partial charge in [0.1, 0.15) is 0 Å². The third-order valence-corrected chi connectivity index (χ3v) is 2.71. The molecule has 1 atom stereocenters. The van der Waals surface area contributed by atoms with E-state index in [2.05, 4.69) is 13.8 Å². The maximum absolute atomic E-state index is 11.1. The van der Waals surface area contributed by atoms with E-state index in [9.17, 15) is 4.79 Å². The van der Waals surface area contributed by atoms with Crippen LogP contribution in [0.15, 0.2) is 0 Å². The molecule has 0 saturated heterocycles. The number of primary amides is 1. The van der Waals surface area contributed by atoms with E-state index < -0.39 is 0 Å². The van der Waals surface area contributed by atoms with Crippen molar-refractivity contribution in [3.63, 3.8) is 0 Å². The van der Waals surface area contributed by atoms with Gasteiger partial charge in [-0.15, -0.1) is 12.4 Å². The van der Waals surface area contributed by atoms with Crippen molar-refractivity contribution < 1.29 is 4.79 Å². The van der Waals surface area contributed by atoms with Crippen LogP contribution in [0.3, 0.4) is 0 Å². The molecule has 15 heavy (non-hydrogen) atoms. The summed E-state index contributed by atoms with van der Waals surface area (Å²) < 4.78 is 0. The van der Waals surface area contributed by atoms with Crippen molar-refractivity contribution in [2.24, 2.45) is 11.7 Å². The molecule has 0 saturated carbocycles. The Balaban J connectivity index is 0. The zero-order chi connectivity index (χ0) is 10.8. The molecule has 0 heterocycles. The number of amides is 1. The highest BCUT2D eigenvalue weighted by atomic mass is 35.5. The lowest BCUT2D eigenvalue weighted by molar-refractivity contribution is -0.122. The van der Waals surface area contributed by atoms with Gasteiger partial charge >= 0.3 is 0 Å². The molecule has 0 spiro atoms. The molecule has 2 N–H and O–H groups in total. The standard InChI is InChI=1S/C12H25NO.ClH/c1-3-5-7-8-10-11(12(13)14)9-6-4-2;/h11H,3-10H2,1-2H3,(H2,13,14);1H. The van der Waals surface area contributed by atoms with Gasteiger partial charge in [0, 0.05) is 5.92 Å². The molecule has 1 unspecified atom stereocenters. The van der Waals surface area contributed by atoms with Gasteiger partial charge in [-0.25, -0.2) is 0 Å². The van der Waals surface area contributed by atoms with Gasteiger partial charge in [0.15, 0.2) is 0 Å². The summed E-state index contributed by atoms with van der Waals surface area (Å²) in [5, 5.41) is 0. The van der Waals surface area contributed by atoms with Crippen LogP contribution in [0.25, 0.3) is 0 Å². The van der Waals surface area contributed by atoms with E-state index in [-0.39, 0.29) is 24.2 Å². The van der Waals surface area contributed by atoms with Crippen LogP contribution in [0.4, 0.5) is 0 Å². The molecule has 0 aromatic rings. The second-order valence-corrected chi connectivity index (χ2v) is 4.09. The second-order valence-electron chi connectivity index (χ2n) is 4.09. The number of carbonyl (C=O) groups is 1. The lowest BCUT2D eigenvalue weighted by Crippen LogP contribution is -2.23. The lowest BCUT2D eigenvalue weighted by atomic mass is 9.95. The van der Waals surface area contributed by atoms with Crippen molar-refractivity contribution in [2.45, 2.75) is 65.2 Å². The zero-order valence-electron chi connectivity index (χ0n) is 10.1. The van der Waals surface area contributed by atoms with E-state index in [1.54, 1.807) is 0 Å². The Hall–Kier alpha value is -0.240. The summed E-state index contributed by atoms with van der Waals surface area (Å²) in [4.78, 5) is 11.1. The molecule has 0 aliphatic heterocycles. The molecular formula is C12H26ClNO. The van der Waals surface area contributed by atoms with Crippen LogP contribution in [0.1, 0.15) is 65.2 Å². The summed E-state index contributed by atoms with van der Waals surface area (Å²) in [7, 11) is 0. The van der Waals surface area contributed by atoms with Crippen molar-refractivity contribution in [3.05, 3.63) is 0 Å². The first kappa shape index (κ1) is 17.2. The van der Waals surface area contributed by atoms with Crippen LogP contribution in [-0.2, 0) is 4.79 Å². The predicted octanol–water partition coefficient (Wildman–Crippen LogP) is 3.67. The quantitative estimate of drug-likeness (QED) is 0.609. The summed E-state index contributed by atoms with van der Waals surface area (Å²) >= 11 is 0. The third-order valence-electron chi connectivity index (χ3n) is 2.71. The van der Waals surface area contributed by atoms with Gasteiger partial charge < -0.3 is 5.73 Å². The largest absolute Gasteiger partial charge is 0.369 e. The summed E-state index contributed by atoms with van der Waals surface area (Å²) in [5.74, 6) is 0.0294. The Kier molecular flexibility index (Phi) is 13.5. The van der Waals surface area contributed by atoms with Crippen molar-refractivity contribution in [1.29, 1.82) is 0 Å². The minimum atomic E-state index is -0.102. The number of rotatable bonds is 9. The van der Waals surface area contributed by atoms with E-state index in [0.29, 0.717) is 0 Å². The first-order chi connectivity index (χ1) is 6.72. The van der Waals surface area contributed by atoms with Gasteiger partial charge in [-0.05, 0) is 12.8 Å². The topological polar surface area (TPSA) is 43.1 Å². The highest BCUT2D eigenvalue weighted by Gasteiger charge is 2.13. The van der Waals surface area contributed by atoms with Crippen molar-refractivity contribution in [1.82, 2.24) is 0 Å². The molecular weight excluding hydrogens is 210 g/mol. The predicted molar refractivity (Wildman–Crippen MR) is 68.2 cm³/mol. The van der Waals surface area contributed by atoms with Gasteiger partial charge in [0.05, 0.1) is 0 Å². The molecule has 0 fully saturated rings. The number of hydrogen-bond acceptors (Lipinski definition) is 1. The average Bonchev–Trinajstić information content (AvgIpc) is 2.16. The van der Waals surface area contributed by atoms with Crippen molar-refractivity contribution in [2.75, 3.05) is 0 Å². The summed E-state index contributed by atoms with van der Waals surface area (Å²) in [6.45, 7) is 4.35. The van der Waals surface area contributed by atoms with E-state index >= 15 is 0 Å². The number of unbranched alkanes of at least 4 members (excludes halogenated alkanes) is 4. The molecule has 2 nitrogen and oxygen atoms in total. The van der Waals surface area contributed by atoms with Gasteiger partial charge in [0.25, 0.3) is 0 Å². The first-order valence-electron chi connectivity index (χ1n) is 6.01. The summed E-state index contributed by atoms with van der Waals surface area (Å²) in [6.07, 6.45) is 9.18. The number of nitrogens with two attached hydrogens (primary N) is 1. The fourth-order valence-electron chi connectivity index (χ4n) is 1.70. The minimum Gasteiger partial charge on any atom is -0.369 e. The fourth-order valence-corrected chi connectivity index (χ4v) is 1.70. The number of carbonyl (C=O) groups excluding carboxylic acids is 1. The molecule has 0 aromatic carbocycles. The van der Waals surface area contributed by atoms with Crippen LogP contribution in [0.5, 0.6) is 0 Å². The molecule has 1 amide bonds. The van der Waals surface area contributed by atoms with E-state index in [1.807, 2.05) is 0 Å². The Labute approximate surface area is 100 Å². The monoisotopic (exact) mass is 235 g/mol. The Bertz CT molecular complexity index is 151. The van der Waals surface area contributed by atoms with E-state index in [1.165, 1.54) is 19.3 Å². The van der Waals surface area contributed by atoms with Crippen LogP contribution in [-0.4, -0.2) is 5.91 Å². The maximum Gasteiger partial charge on any atom is 0.220 e. The molecule has 0 aliphatic rings. The SMILES string of the molecule is CCCCCCC(CCCC)C(N)=O.Cl. The molecule has 0 bridgehead atoms. The van der Waals surface area contributed by atoms with E-state index in [0.717, 1.165) is 32.1 Å².